The van der Waals surface area contributed by atoms with Crippen molar-refractivity contribution >= 4 is 11.6 Å². The molecule has 2 nitrogen and oxygen atoms in total. The number of hydrogen-bond acceptors (Lipinski definition) is 2. The zero-order valence-electron chi connectivity index (χ0n) is 11.0. The molecule has 1 atom stereocenters. The average Bonchev–Trinajstić information content (AvgIpc) is 2.26. The maximum Gasteiger partial charge on any atom is 0.0805 e. The molecule has 0 spiro atoms. The molecule has 1 aromatic carbocycles. The molecule has 3 heteroatoms. The van der Waals surface area contributed by atoms with Crippen LogP contribution in [0.1, 0.15) is 43.9 Å². The summed E-state index contributed by atoms with van der Waals surface area (Å²) in [6, 6.07) is 5.73. The Labute approximate surface area is 109 Å². The van der Waals surface area contributed by atoms with Crippen LogP contribution in [0.25, 0.3) is 0 Å². The minimum Gasteiger partial charge on any atom is -0.388 e. The molecule has 0 aliphatic carbocycles. The Morgan fingerprint density at radius 3 is 2.59 bits per heavy atom. The van der Waals surface area contributed by atoms with E-state index in [9.17, 15) is 5.11 Å². The Morgan fingerprint density at radius 2 is 2.06 bits per heavy atom. The number of benzene rings is 1. The topological polar surface area (TPSA) is 29.5 Å². The quantitative estimate of drug-likeness (QED) is 0.866. The molecule has 0 fully saturated rings. The Kier molecular flexibility index (Phi) is 4.99. The molecule has 1 unspecified atom stereocenters. The van der Waals surface area contributed by atoms with Gasteiger partial charge in [0.1, 0.15) is 0 Å². The molecule has 0 amide bonds. The number of ether oxygens (including phenoxy) is 1. The minimum atomic E-state index is -0.530. The highest BCUT2D eigenvalue weighted by Crippen LogP contribution is 2.29. The summed E-state index contributed by atoms with van der Waals surface area (Å²) in [5.41, 5.74) is 1.69. The van der Waals surface area contributed by atoms with Crippen molar-refractivity contribution in [2.75, 3.05) is 7.11 Å². The summed E-state index contributed by atoms with van der Waals surface area (Å²) < 4.78 is 5.33. The average molecular weight is 257 g/mol. The van der Waals surface area contributed by atoms with Crippen LogP contribution in [0.3, 0.4) is 0 Å². The molecule has 1 rings (SSSR count). The van der Waals surface area contributed by atoms with Gasteiger partial charge in [0.15, 0.2) is 0 Å². The highest BCUT2D eigenvalue weighted by atomic mass is 35.5. The molecule has 0 radical (unpaired) electrons. The van der Waals surface area contributed by atoms with Gasteiger partial charge in [0, 0.05) is 12.1 Å². The Balaban J connectivity index is 2.67. The molecule has 0 aromatic heterocycles. The van der Waals surface area contributed by atoms with Crippen molar-refractivity contribution in [3.63, 3.8) is 0 Å². The first kappa shape index (κ1) is 14.5. The van der Waals surface area contributed by atoms with Gasteiger partial charge in [0.05, 0.1) is 11.7 Å². The number of aliphatic hydroxyl groups excluding tert-OH is 1. The third kappa shape index (κ3) is 4.30. The van der Waals surface area contributed by atoms with E-state index in [-0.39, 0.29) is 5.60 Å². The van der Waals surface area contributed by atoms with Gasteiger partial charge in [-0.15, -0.1) is 0 Å². The van der Waals surface area contributed by atoms with Crippen LogP contribution >= 0.6 is 11.6 Å². The molecule has 0 bridgehead atoms. The molecule has 1 N–H and O–H groups in total. The van der Waals surface area contributed by atoms with Gasteiger partial charge in [-0.05, 0) is 50.8 Å². The van der Waals surface area contributed by atoms with Crippen molar-refractivity contribution in [1.29, 1.82) is 0 Å². The molecule has 0 aliphatic heterocycles. The van der Waals surface area contributed by atoms with Crippen LogP contribution in [0.15, 0.2) is 18.2 Å². The standard InChI is InChI=1S/C14H21ClO2/c1-10-5-6-11(12(15)9-10)13(16)7-8-14(2,3)17-4/h5-6,9,13,16H,7-8H2,1-4H3. The largest absolute Gasteiger partial charge is 0.388 e. The van der Waals surface area contributed by atoms with Gasteiger partial charge in [-0.1, -0.05) is 23.7 Å². The summed E-state index contributed by atoms with van der Waals surface area (Å²) in [6.07, 6.45) is 0.899. The smallest absolute Gasteiger partial charge is 0.0805 e. The van der Waals surface area contributed by atoms with E-state index in [0.29, 0.717) is 11.4 Å². The molecule has 96 valence electrons. The molecule has 0 saturated heterocycles. The fourth-order valence-corrected chi connectivity index (χ4v) is 2.01. The van der Waals surface area contributed by atoms with Crippen LogP contribution in [0.4, 0.5) is 0 Å². The van der Waals surface area contributed by atoms with E-state index in [0.717, 1.165) is 17.5 Å². The van der Waals surface area contributed by atoms with Crippen LogP contribution in [0.5, 0.6) is 0 Å². The van der Waals surface area contributed by atoms with Crippen molar-refractivity contribution in [1.82, 2.24) is 0 Å². The first-order valence-corrected chi connectivity index (χ1v) is 6.23. The van der Waals surface area contributed by atoms with E-state index in [1.807, 2.05) is 39.0 Å². The molecule has 0 saturated carbocycles. The van der Waals surface area contributed by atoms with Crippen LogP contribution in [-0.4, -0.2) is 17.8 Å². The summed E-state index contributed by atoms with van der Waals surface area (Å²) >= 11 is 6.12. The van der Waals surface area contributed by atoms with Gasteiger partial charge in [-0.3, -0.25) is 0 Å². The van der Waals surface area contributed by atoms with Gasteiger partial charge in [0.2, 0.25) is 0 Å². The lowest BCUT2D eigenvalue weighted by atomic mass is 9.96. The second kappa shape index (κ2) is 5.85. The molecule has 0 aliphatic rings. The van der Waals surface area contributed by atoms with Crippen LogP contribution in [-0.2, 0) is 4.74 Å². The fraction of sp³-hybridized carbons (Fsp3) is 0.571. The summed E-state index contributed by atoms with van der Waals surface area (Å²) in [5.74, 6) is 0. The number of rotatable bonds is 5. The number of aliphatic hydroxyl groups is 1. The van der Waals surface area contributed by atoms with Crippen LogP contribution in [0.2, 0.25) is 5.02 Å². The highest BCUT2D eigenvalue weighted by Gasteiger charge is 2.20. The summed E-state index contributed by atoms with van der Waals surface area (Å²) in [6.45, 7) is 6.00. The van der Waals surface area contributed by atoms with Crippen molar-refractivity contribution in [3.05, 3.63) is 34.3 Å². The molecule has 0 heterocycles. The number of methoxy groups -OCH3 is 1. The second-order valence-electron chi connectivity index (χ2n) is 5.04. The van der Waals surface area contributed by atoms with Crippen LogP contribution in [0, 0.1) is 6.92 Å². The van der Waals surface area contributed by atoms with E-state index in [2.05, 4.69) is 0 Å². The molecule has 17 heavy (non-hydrogen) atoms. The van der Waals surface area contributed by atoms with E-state index in [4.69, 9.17) is 16.3 Å². The summed E-state index contributed by atoms with van der Waals surface area (Å²) in [5, 5.41) is 10.7. The third-order valence-corrected chi connectivity index (χ3v) is 3.41. The van der Waals surface area contributed by atoms with Gasteiger partial charge >= 0.3 is 0 Å². The Morgan fingerprint density at radius 1 is 1.41 bits per heavy atom. The van der Waals surface area contributed by atoms with Crippen molar-refractivity contribution in [2.45, 2.75) is 45.3 Å². The second-order valence-corrected chi connectivity index (χ2v) is 5.45. The third-order valence-electron chi connectivity index (χ3n) is 3.09. The molecular weight excluding hydrogens is 236 g/mol. The van der Waals surface area contributed by atoms with Crippen molar-refractivity contribution in [2.24, 2.45) is 0 Å². The van der Waals surface area contributed by atoms with Gasteiger partial charge in [0.25, 0.3) is 0 Å². The highest BCUT2D eigenvalue weighted by molar-refractivity contribution is 6.31. The zero-order chi connectivity index (χ0) is 13.1. The Bertz CT molecular complexity index is 374. The predicted molar refractivity (Wildman–Crippen MR) is 71.5 cm³/mol. The van der Waals surface area contributed by atoms with Gasteiger partial charge in [-0.2, -0.15) is 0 Å². The fourth-order valence-electron chi connectivity index (χ4n) is 1.64. The SMILES string of the molecule is COC(C)(C)CCC(O)c1ccc(C)cc1Cl. The number of halogens is 1. The van der Waals surface area contributed by atoms with E-state index >= 15 is 0 Å². The first-order chi connectivity index (χ1) is 7.85. The first-order valence-electron chi connectivity index (χ1n) is 5.85. The lowest BCUT2D eigenvalue weighted by Gasteiger charge is -2.24. The summed E-state index contributed by atoms with van der Waals surface area (Å²) in [7, 11) is 1.69. The Hall–Kier alpha value is -0.570. The monoisotopic (exact) mass is 256 g/mol. The van der Waals surface area contributed by atoms with E-state index in [1.54, 1.807) is 7.11 Å². The maximum absolute atomic E-state index is 10.1. The van der Waals surface area contributed by atoms with Crippen molar-refractivity contribution < 1.29 is 9.84 Å². The lowest BCUT2D eigenvalue weighted by Crippen LogP contribution is -2.23. The minimum absolute atomic E-state index is 0.210. The van der Waals surface area contributed by atoms with E-state index in [1.165, 1.54) is 0 Å². The number of hydrogen-bond donors (Lipinski definition) is 1. The van der Waals surface area contributed by atoms with Crippen molar-refractivity contribution in [3.8, 4) is 0 Å². The zero-order valence-corrected chi connectivity index (χ0v) is 11.7. The lowest BCUT2D eigenvalue weighted by molar-refractivity contribution is 0.00279. The van der Waals surface area contributed by atoms with E-state index < -0.39 is 6.10 Å². The number of aryl methyl sites for hydroxylation is 1. The normalized spacial score (nSPS) is 13.8. The van der Waals surface area contributed by atoms with Gasteiger partial charge < -0.3 is 9.84 Å². The summed E-state index contributed by atoms with van der Waals surface area (Å²) in [4.78, 5) is 0. The van der Waals surface area contributed by atoms with Crippen LogP contribution < -0.4 is 0 Å². The maximum atomic E-state index is 10.1. The predicted octanol–water partition coefficient (Wildman–Crippen LogP) is 3.89. The molecular formula is C14H21ClO2. The van der Waals surface area contributed by atoms with Gasteiger partial charge in [-0.25, -0.2) is 0 Å². The molecule has 1 aromatic rings.